The van der Waals surface area contributed by atoms with Gasteiger partial charge in [0.15, 0.2) is 0 Å². The minimum atomic E-state index is -0.602. The van der Waals surface area contributed by atoms with Crippen molar-refractivity contribution in [2.45, 2.75) is 12.8 Å². The van der Waals surface area contributed by atoms with E-state index in [0.29, 0.717) is 13.2 Å². The first-order valence-electron chi connectivity index (χ1n) is 3.41. The van der Waals surface area contributed by atoms with Gasteiger partial charge in [0.2, 0.25) is 12.3 Å². The van der Waals surface area contributed by atoms with Gasteiger partial charge in [0.25, 0.3) is 0 Å². The molecule has 0 aromatic carbocycles. The van der Waals surface area contributed by atoms with Crippen LogP contribution in [0.4, 0.5) is 0 Å². The Kier molecular flexibility index (Phi) is 3.62. The molecule has 0 radical (unpaired) electrons. The lowest BCUT2D eigenvalue weighted by Crippen LogP contribution is -2.42. The van der Waals surface area contributed by atoms with Crippen LogP contribution in [0.1, 0.15) is 6.42 Å². The number of alkyl halides is 1. The average molecular weight is 180 g/mol. The predicted molar refractivity (Wildman–Crippen MR) is 39.2 cm³/mol. The standard InChI is InChI=1S/C6H10ClNO3/c7-4-5(9)8-6-10-2-1-3-11-6/h6H,1-4H2,(H,8,9). The summed E-state index contributed by atoms with van der Waals surface area (Å²) in [5, 5.41) is 2.45. The minimum absolute atomic E-state index is 0.0663. The molecule has 0 aliphatic carbocycles. The Hall–Kier alpha value is -0.320. The van der Waals surface area contributed by atoms with Crippen LogP contribution in [0.2, 0.25) is 0 Å². The lowest BCUT2D eigenvalue weighted by Gasteiger charge is -2.23. The Morgan fingerprint density at radius 2 is 2.18 bits per heavy atom. The second-order valence-corrected chi connectivity index (χ2v) is 2.40. The van der Waals surface area contributed by atoms with E-state index < -0.39 is 6.41 Å². The molecule has 0 atom stereocenters. The summed E-state index contributed by atoms with van der Waals surface area (Å²) in [6.07, 6.45) is 0.266. The molecule has 0 saturated carbocycles. The van der Waals surface area contributed by atoms with Crippen molar-refractivity contribution in [3.8, 4) is 0 Å². The Labute approximate surface area is 69.8 Å². The number of halogens is 1. The molecule has 64 valence electrons. The number of rotatable bonds is 2. The fourth-order valence-corrected chi connectivity index (χ4v) is 0.818. The fraction of sp³-hybridized carbons (Fsp3) is 0.833. The second kappa shape index (κ2) is 4.54. The van der Waals surface area contributed by atoms with Crippen molar-refractivity contribution in [1.29, 1.82) is 0 Å². The molecule has 1 aliphatic rings. The minimum Gasteiger partial charge on any atom is -0.335 e. The van der Waals surface area contributed by atoms with E-state index >= 15 is 0 Å². The van der Waals surface area contributed by atoms with Crippen LogP contribution in [0, 0.1) is 0 Å². The molecule has 1 saturated heterocycles. The summed E-state index contributed by atoms with van der Waals surface area (Å²) in [7, 11) is 0. The van der Waals surface area contributed by atoms with Gasteiger partial charge in [0.05, 0.1) is 13.2 Å². The fourth-order valence-electron chi connectivity index (χ4n) is 0.741. The maximum atomic E-state index is 10.7. The van der Waals surface area contributed by atoms with Crippen LogP contribution in [0.15, 0.2) is 0 Å². The summed E-state index contributed by atoms with van der Waals surface area (Å²) in [5.41, 5.74) is 0. The summed E-state index contributed by atoms with van der Waals surface area (Å²) < 4.78 is 10.1. The molecule has 1 aliphatic heterocycles. The normalized spacial score (nSPS) is 19.7. The highest BCUT2D eigenvalue weighted by Crippen LogP contribution is 2.01. The van der Waals surface area contributed by atoms with Gasteiger partial charge in [-0.3, -0.25) is 4.79 Å². The number of hydrogen-bond acceptors (Lipinski definition) is 3. The molecule has 1 N–H and O–H groups in total. The molecule has 1 fully saturated rings. The van der Waals surface area contributed by atoms with Crippen molar-refractivity contribution in [3.63, 3.8) is 0 Å². The molecular weight excluding hydrogens is 170 g/mol. The van der Waals surface area contributed by atoms with Gasteiger partial charge in [-0.25, -0.2) is 0 Å². The van der Waals surface area contributed by atoms with Crippen LogP contribution in [0.3, 0.4) is 0 Å². The van der Waals surface area contributed by atoms with Crippen molar-refractivity contribution in [2.75, 3.05) is 19.1 Å². The summed E-state index contributed by atoms with van der Waals surface area (Å²) in [5.74, 6) is -0.345. The third-order valence-corrected chi connectivity index (χ3v) is 1.47. The zero-order valence-corrected chi connectivity index (χ0v) is 6.76. The Morgan fingerprint density at radius 3 is 2.73 bits per heavy atom. The zero-order chi connectivity index (χ0) is 8.10. The molecule has 0 spiro atoms. The Balaban J connectivity index is 2.19. The summed E-state index contributed by atoms with van der Waals surface area (Å²) >= 11 is 5.25. The van der Waals surface area contributed by atoms with Crippen LogP contribution < -0.4 is 5.32 Å². The Morgan fingerprint density at radius 1 is 1.55 bits per heavy atom. The molecule has 0 aromatic heterocycles. The molecule has 5 heteroatoms. The molecule has 0 unspecified atom stereocenters. The van der Waals surface area contributed by atoms with Crippen LogP contribution in [0.25, 0.3) is 0 Å². The number of nitrogens with one attached hydrogen (secondary N) is 1. The van der Waals surface area contributed by atoms with Gasteiger partial charge in [0, 0.05) is 0 Å². The molecule has 1 amide bonds. The summed E-state index contributed by atoms with van der Waals surface area (Å²) in [6, 6.07) is 0. The van der Waals surface area contributed by atoms with E-state index in [1.165, 1.54) is 0 Å². The van der Waals surface area contributed by atoms with Crippen LogP contribution in [-0.2, 0) is 14.3 Å². The summed E-state index contributed by atoms with van der Waals surface area (Å²) in [6.45, 7) is 1.24. The number of hydrogen-bond donors (Lipinski definition) is 1. The van der Waals surface area contributed by atoms with E-state index in [1.807, 2.05) is 0 Å². The van der Waals surface area contributed by atoms with E-state index in [9.17, 15) is 4.79 Å². The van der Waals surface area contributed by atoms with E-state index in [1.54, 1.807) is 0 Å². The van der Waals surface area contributed by atoms with Crippen molar-refractivity contribution in [1.82, 2.24) is 5.32 Å². The third-order valence-electron chi connectivity index (χ3n) is 1.23. The number of amides is 1. The van der Waals surface area contributed by atoms with Crippen LogP contribution in [0.5, 0.6) is 0 Å². The topological polar surface area (TPSA) is 47.6 Å². The second-order valence-electron chi connectivity index (χ2n) is 2.13. The number of carbonyl (C=O) groups is 1. The third kappa shape index (κ3) is 3.05. The highest BCUT2D eigenvalue weighted by Gasteiger charge is 2.15. The molecule has 0 bridgehead atoms. The van der Waals surface area contributed by atoms with Crippen LogP contribution in [-0.4, -0.2) is 31.4 Å². The molecule has 11 heavy (non-hydrogen) atoms. The highest BCUT2D eigenvalue weighted by molar-refractivity contribution is 6.27. The first kappa shape index (κ1) is 8.77. The highest BCUT2D eigenvalue weighted by atomic mass is 35.5. The largest absolute Gasteiger partial charge is 0.335 e. The van der Waals surface area contributed by atoms with Gasteiger partial charge in [-0.2, -0.15) is 0 Å². The monoisotopic (exact) mass is 179 g/mol. The van der Waals surface area contributed by atoms with E-state index in [4.69, 9.17) is 21.1 Å². The lowest BCUT2D eigenvalue weighted by molar-refractivity contribution is -0.196. The van der Waals surface area contributed by atoms with Gasteiger partial charge < -0.3 is 14.8 Å². The molecule has 0 aromatic rings. The Bertz CT molecular complexity index is 136. The molecular formula is C6H10ClNO3. The van der Waals surface area contributed by atoms with Crippen molar-refractivity contribution in [3.05, 3.63) is 0 Å². The maximum absolute atomic E-state index is 10.7. The lowest BCUT2D eigenvalue weighted by atomic mass is 10.5. The first-order valence-corrected chi connectivity index (χ1v) is 3.95. The average Bonchev–Trinajstić information content (AvgIpc) is 2.06. The predicted octanol–water partition coefficient (Wildman–Crippen LogP) is 0.0619. The molecule has 1 heterocycles. The molecule has 1 rings (SSSR count). The van der Waals surface area contributed by atoms with Gasteiger partial charge in [0.1, 0.15) is 5.88 Å². The number of carbonyl (C=O) groups excluding carboxylic acids is 1. The quantitative estimate of drug-likeness (QED) is 0.610. The van der Waals surface area contributed by atoms with E-state index in [0.717, 1.165) is 6.42 Å². The van der Waals surface area contributed by atoms with Crippen molar-refractivity contribution in [2.24, 2.45) is 0 Å². The van der Waals surface area contributed by atoms with Crippen LogP contribution >= 0.6 is 11.6 Å². The summed E-state index contributed by atoms with van der Waals surface area (Å²) in [4.78, 5) is 10.7. The zero-order valence-electron chi connectivity index (χ0n) is 6.01. The maximum Gasteiger partial charge on any atom is 0.240 e. The van der Waals surface area contributed by atoms with Gasteiger partial charge in [-0.15, -0.1) is 11.6 Å². The van der Waals surface area contributed by atoms with Gasteiger partial charge in [-0.1, -0.05) is 0 Å². The van der Waals surface area contributed by atoms with Crippen molar-refractivity contribution >= 4 is 17.5 Å². The number of ether oxygens (including phenoxy) is 2. The van der Waals surface area contributed by atoms with E-state index in [2.05, 4.69) is 5.32 Å². The van der Waals surface area contributed by atoms with Gasteiger partial charge in [-0.05, 0) is 6.42 Å². The first-order chi connectivity index (χ1) is 5.33. The van der Waals surface area contributed by atoms with Crippen molar-refractivity contribution < 1.29 is 14.3 Å². The van der Waals surface area contributed by atoms with Gasteiger partial charge >= 0.3 is 0 Å². The van der Waals surface area contributed by atoms with E-state index in [-0.39, 0.29) is 11.8 Å². The SMILES string of the molecule is O=C(CCl)NC1OCCCO1. The molecule has 4 nitrogen and oxygen atoms in total. The smallest absolute Gasteiger partial charge is 0.240 e.